The van der Waals surface area contributed by atoms with Crippen LogP contribution in [0.3, 0.4) is 0 Å². The van der Waals surface area contributed by atoms with Gasteiger partial charge in [-0.3, -0.25) is 0 Å². The number of benzene rings is 1. The van der Waals surface area contributed by atoms with E-state index in [9.17, 15) is 9.59 Å². The SMILES string of the molecule is CCCCCCCCCCNCC(C)(C)C.Cc1ccc(NC(=O)NC2CC2)cc1-n1ncc(C(=O)O)c1N. The van der Waals surface area contributed by atoms with Gasteiger partial charge in [-0.1, -0.05) is 78.7 Å². The molecule has 1 heterocycles. The van der Waals surface area contributed by atoms with E-state index in [-0.39, 0.29) is 23.5 Å². The Morgan fingerprint density at radius 2 is 1.72 bits per heavy atom. The van der Waals surface area contributed by atoms with E-state index < -0.39 is 5.97 Å². The number of hydrogen-bond donors (Lipinski definition) is 5. The third kappa shape index (κ3) is 12.6. The highest BCUT2D eigenvalue weighted by Crippen LogP contribution is 2.24. The van der Waals surface area contributed by atoms with Gasteiger partial charge in [0, 0.05) is 11.7 Å². The molecule has 0 radical (unpaired) electrons. The molecule has 1 aliphatic carbocycles. The number of unbranched alkanes of at least 4 members (excludes halogenated alkanes) is 7. The molecule has 2 aromatic rings. The minimum absolute atomic E-state index is 0.0418. The van der Waals surface area contributed by atoms with Crippen LogP contribution in [0.4, 0.5) is 16.3 Å². The molecule has 6 N–H and O–H groups in total. The number of anilines is 2. The molecule has 1 saturated carbocycles. The van der Waals surface area contributed by atoms with Crippen LogP contribution in [0.5, 0.6) is 0 Å². The number of carboxylic acids is 1. The number of aryl methyl sites for hydroxylation is 1. The summed E-state index contributed by atoms with van der Waals surface area (Å²) in [6.45, 7) is 13.3. The topological polar surface area (TPSA) is 134 Å². The van der Waals surface area contributed by atoms with Gasteiger partial charge in [0.05, 0.1) is 11.9 Å². The lowest BCUT2D eigenvalue weighted by molar-refractivity contribution is 0.0698. The number of nitrogen functional groups attached to an aromatic ring is 1. The maximum Gasteiger partial charge on any atom is 0.341 e. The molecule has 1 aromatic heterocycles. The van der Waals surface area contributed by atoms with Crippen LogP contribution in [0.15, 0.2) is 24.4 Å². The molecule has 3 rings (SSSR count). The van der Waals surface area contributed by atoms with Crippen LogP contribution in [0, 0.1) is 12.3 Å². The Hall–Kier alpha value is -3.07. The van der Waals surface area contributed by atoms with Crippen molar-refractivity contribution in [3.05, 3.63) is 35.5 Å². The number of carbonyl (C=O) groups excluding carboxylic acids is 1. The van der Waals surface area contributed by atoms with Crippen LogP contribution in [-0.4, -0.2) is 46.0 Å². The van der Waals surface area contributed by atoms with Gasteiger partial charge >= 0.3 is 12.0 Å². The average Bonchev–Trinajstić information content (AvgIpc) is 3.59. The van der Waals surface area contributed by atoms with Crippen LogP contribution >= 0.6 is 0 Å². The number of rotatable bonds is 14. The first-order valence-electron chi connectivity index (χ1n) is 14.5. The van der Waals surface area contributed by atoms with Crippen molar-refractivity contribution in [3.63, 3.8) is 0 Å². The van der Waals surface area contributed by atoms with E-state index in [1.165, 1.54) is 68.8 Å². The highest BCUT2D eigenvalue weighted by atomic mass is 16.4. The van der Waals surface area contributed by atoms with E-state index in [4.69, 9.17) is 10.8 Å². The summed E-state index contributed by atoms with van der Waals surface area (Å²) < 4.78 is 1.35. The van der Waals surface area contributed by atoms with Crippen molar-refractivity contribution in [3.8, 4) is 5.69 Å². The maximum absolute atomic E-state index is 11.8. The predicted molar refractivity (Wildman–Crippen MR) is 160 cm³/mol. The fourth-order valence-electron chi connectivity index (χ4n) is 4.06. The van der Waals surface area contributed by atoms with Crippen LogP contribution in [0.2, 0.25) is 0 Å². The van der Waals surface area contributed by atoms with Crippen molar-refractivity contribution in [2.75, 3.05) is 24.1 Å². The largest absolute Gasteiger partial charge is 0.477 e. The van der Waals surface area contributed by atoms with Crippen molar-refractivity contribution in [1.82, 2.24) is 20.4 Å². The Morgan fingerprint density at radius 3 is 2.28 bits per heavy atom. The van der Waals surface area contributed by atoms with Gasteiger partial charge < -0.3 is 26.8 Å². The van der Waals surface area contributed by atoms with Gasteiger partial charge in [-0.25, -0.2) is 14.3 Å². The number of urea groups is 1. The lowest BCUT2D eigenvalue weighted by Crippen LogP contribution is -2.30. The van der Waals surface area contributed by atoms with E-state index in [2.05, 4.69) is 48.7 Å². The Morgan fingerprint density at radius 1 is 1.08 bits per heavy atom. The van der Waals surface area contributed by atoms with Gasteiger partial charge in [0.1, 0.15) is 11.4 Å². The number of nitrogens with zero attached hydrogens (tertiary/aromatic N) is 2. The molecule has 0 saturated heterocycles. The lowest BCUT2D eigenvalue weighted by atomic mass is 9.97. The van der Waals surface area contributed by atoms with Crippen molar-refractivity contribution in [2.24, 2.45) is 5.41 Å². The summed E-state index contributed by atoms with van der Waals surface area (Å²) in [4.78, 5) is 22.9. The van der Waals surface area contributed by atoms with Crippen LogP contribution in [0.1, 0.15) is 108 Å². The standard InChI is InChI=1S/C15H17N5O3.C15H33N/c1-8-2-3-10(19-15(23)18-9-4-5-9)6-12(8)20-13(16)11(7-17-20)14(21)22;1-5-6-7-8-9-10-11-12-13-16-14-15(2,3)4/h2-3,6-7,9H,4-5,16H2,1H3,(H,21,22)(H2,18,19,23);16H,5-14H2,1-4H3. The number of carbonyl (C=O) groups is 2. The molecule has 2 amide bonds. The number of aromatic nitrogens is 2. The molecule has 9 nitrogen and oxygen atoms in total. The van der Waals surface area contributed by atoms with Crippen LogP contribution < -0.4 is 21.7 Å². The van der Waals surface area contributed by atoms with E-state index in [0.29, 0.717) is 16.8 Å². The summed E-state index contributed by atoms with van der Waals surface area (Å²) in [7, 11) is 0. The van der Waals surface area contributed by atoms with E-state index in [1.807, 2.05) is 13.0 Å². The number of aromatic carboxylic acids is 1. The molecule has 39 heavy (non-hydrogen) atoms. The summed E-state index contributed by atoms with van der Waals surface area (Å²) in [5.74, 6) is -1.09. The van der Waals surface area contributed by atoms with E-state index in [1.54, 1.807) is 12.1 Å². The first-order valence-corrected chi connectivity index (χ1v) is 14.5. The zero-order valence-electron chi connectivity index (χ0n) is 24.6. The van der Waals surface area contributed by atoms with Gasteiger partial charge in [0.25, 0.3) is 0 Å². The van der Waals surface area contributed by atoms with Gasteiger partial charge in [-0.2, -0.15) is 5.10 Å². The molecule has 0 spiro atoms. The predicted octanol–water partition coefficient (Wildman–Crippen LogP) is 6.51. The average molecular weight is 543 g/mol. The molecule has 1 aliphatic rings. The molecule has 1 fully saturated rings. The first-order chi connectivity index (χ1) is 18.5. The molecule has 0 unspecified atom stereocenters. The van der Waals surface area contributed by atoms with Gasteiger partial charge in [0.15, 0.2) is 0 Å². The lowest BCUT2D eigenvalue weighted by Gasteiger charge is -2.18. The number of nitrogens with one attached hydrogen (secondary N) is 3. The van der Waals surface area contributed by atoms with Gasteiger partial charge in [-0.15, -0.1) is 0 Å². The van der Waals surface area contributed by atoms with Crippen molar-refractivity contribution in [1.29, 1.82) is 0 Å². The maximum atomic E-state index is 11.8. The number of amides is 2. The summed E-state index contributed by atoms with van der Waals surface area (Å²) >= 11 is 0. The minimum Gasteiger partial charge on any atom is -0.477 e. The monoisotopic (exact) mass is 542 g/mol. The molecule has 0 atom stereocenters. The Balaban J connectivity index is 0.000000295. The van der Waals surface area contributed by atoms with Crippen molar-refractivity contribution in [2.45, 2.75) is 105 Å². The number of hydrogen-bond acceptors (Lipinski definition) is 5. The zero-order valence-corrected chi connectivity index (χ0v) is 24.6. The highest BCUT2D eigenvalue weighted by Gasteiger charge is 2.23. The number of nitrogens with two attached hydrogens (primary N) is 1. The molecule has 9 heteroatoms. The Bertz CT molecular complexity index is 1040. The third-order valence-corrected chi connectivity index (χ3v) is 6.51. The third-order valence-electron chi connectivity index (χ3n) is 6.51. The smallest absolute Gasteiger partial charge is 0.341 e. The summed E-state index contributed by atoms with van der Waals surface area (Å²) in [6.07, 6.45) is 14.5. The van der Waals surface area contributed by atoms with Gasteiger partial charge in [-0.05, 0) is 62.4 Å². The molecule has 218 valence electrons. The van der Waals surface area contributed by atoms with E-state index >= 15 is 0 Å². The molecular formula is C30H50N6O3. The van der Waals surface area contributed by atoms with Gasteiger partial charge in [0.2, 0.25) is 0 Å². The second-order valence-electron chi connectivity index (χ2n) is 11.7. The summed E-state index contributed by atoms with van der Waals surface area (Å²) in [6, 6.07) is 5.28. The normalized spacial score (nSPS) is 12.9. The minimum atomic E-state index is -1.13. The van der Waals surface area contributed by atoms with E-state index in [0.717, 1.165) is 24.9 Å². The highest BCUT2D eigenvalue weighted by molar-refractivity contribution is 5.93. The second kappa shape index (κ2) is 16.1. The zero-order chi connectivity index (χ0) is 28.8. The van der Waals surface area contributed by atoms with Crippen LogP contribution in [0.25, 0.3) is 5.69 Å². The molecule has 0 aliphatic heterocycles. The molecule has 0 bridgehead atoms. The fraction of sp³-hybridized carbons (Fsp3) is 0.633. The Labute approximate surface area is 234 Å². The second-order valence-corrected chi connectivity index (χ2v) is 11.7. The summed E-state index contributed by atoms with van der Waals surface area (Å²) in [5.41, 5.74) is 8.26. The fourth-order valence-corrected chi connectivity index (χ4v) is 4.06. The van der Waals surface area contributed by atoms with Crippen LogP contribution in [-0.2, 0) is 0 Å². The summed E-state index contributed by atoms with van der Waals surface area (Å²) in [5, 5.41) is 22.2. The van der Waals surface area contributed by atoms with Crippen molar-refractivity contribution < 1.29 is 14.7 Å². The van der Waals surface area contributed by atoms with Crippen molar-refractivity contribution >= 4 is 23.5 Å². The number of carboxylic acid groups (broad SMARTS) is 1. The molecule has 1 aromatic carbocycles. The quantitative estimate of drug-likeness (QED) is 0.173. The molecular weight excluding hydrogens is 492 g/mol. The first kappa shape index (κ1) is 32.1. The Kier molecular flexibility index (Phi) is 13.3.